The third kappa shape index (κ3) is 6.28. The average molecular weight is 452 g/mol. The normalized spacial score (nSPS) is 20.2. The van der Waals surface area contributed by atoms with Gasteiger partial charge >= 0.3 is 0 Å². The Bertz CT molecular complexity index is 819. The van der Waals surface area contributed by atoms with Crippen LogP contribution in [0.1, 0.15) is 35.4 Å². The molecule has 4 rings (SSSR count). The van der Waals surface area contributed by atoms with Crippen molar-refractivity contribution in [2.45, 2.75) is 37.8 Å². The molecule has 0 aliphatic carbocycles. The van der Waals surface area contributed by atoms with Gasteiger partial charge in [-0.25, -0.2) is 9.97 Å². The number of carbonyl (C=O) groups is 1. The number of pyridine rings is 1. The highest BCUT2D eigenvalue weighted by Gasteiger charge is 2.20. The number of nitrogens with one attached hydrogen (secondary N) is 4. The molecule has 2 aliphatic rings. The summed E-state index contributed by atoms with van der Waals surface area (Å²) in [6.45, 7) is 4.09. The fraction of sp³-hybridized carbons (Fsp3) is 0.550. The fourth-order valence-corrected chi connectivity index (χ4v) is 4.45. The molecule has 0 saturated carbocycles. The summed E-state index contributed by atoms with van der Waals surface area (Å²) in [5.74, 6) is 1.52. The molecule has 8 nitrogen and oxygen atoms in total. The van der Waals surface area contributed by atoms with E-state index < -0.39 is 0 Å². The molecule has 2 aliphatic heterocycles. The highest BCUT2D eigenvalue weighted by Crippen LogP contribution is 2.23. The van der Waals surface area contributed by atoms with Crippen LogP contribution in [0, 0.1) is 0 Å². The van der Waals surface area contributed by atoms with Gasteiger partial charge in [0.15, 0.2) is 5.13 Å². The van der Waals surface area contributed by atoms with Crippen LogP contribution in [0.3, 0.4) is 0 Å². The fourth-order valence-electron chi connectivity index (χ4n) is 3.72. The van der Waals surface area contributed by atoms with Crippen molar-refractivity contribution >= 4 is 46.4 Å². The molecule has 0 unspecified atom stereocenters. The topological polar surface area (TPSA) is 94.2 Å². The Labute approximate surface area is 187 Å². The highest BCUT2D eigenvalue weighted by molar-refractivity contribution is 7.17. The summed E-state index contributed by atoms with van der Waals surface area (Å²) in [5.41, 5.74) is 0. The van der Waals surface area contributed by atoms with Crippen molar-refractivity contribution in [3.05, 3.63) is 29.3 Å². The Hall–Kier alpha value is -1.94. The lowest BCUT2D eigenvalue weighted by atomic mass is 10.1. The maximum atomic E-state index is 12.5. The Morgan fingerprint density at radius 2 is 2.00 bits per heavy atom. The highest BCUT2D eigenvalue weighted by atomic mass is 35.5. The molecular formula is C20H30ClN7OS. The molecule has 0 aromatic carbocycles. The van der Waals surface area contributed by atoms with E-state index in [9.17, 15) is 4.79 Å². The maximum absolute atomic E-state index is 12.5. The van der Waals surface area contributed by atoms with E-state index in [-0.39, 0.29) is 24.4 Å². The zero-order chi connectivity index (χ0) is 20.1. The number of rotatable bonds is 6. The van der Waals surface area contributed by atoms with Crippen molar-refractivity contribution in [3.63, 3.8) is 0 Å². The van der Waals surface area contributed by atoms with Crippen LogP contribution in [0.2, 0.25) is 0 Å². The SMILES string of the molecule is CN1CCC(NC(=O)c2cnc(Nc3cccc(N[C@H]4CCCNC4)n3)s2)CC1.Cl. The summed E-state index contributed by atoms with van der Waals surface area (Å²) in [6, 6.07) is 6.50. The Morgan fingerprint density at radius 1 is 1.20 bits per heavy atom. The van der Waals surface area contributed by atoms with Gasteiger partial charge in [0.05, 0.1) is 6.20 Å². The largest absolute Gasteiger partial charge is 0.366 e. The quantitative estimate of drug-likeness (QED) is 0.536. The number of piperidine rings is 2. The molecule has 4 N–H and O–H groups in total. The summed E-state index contributed by atoms with van der Waals surface area (Å²) in [6.07, 6.45) is 5.94. The molecule has 164 valence electrons. The van der Waals surface area contributed by atoms with Crippen LogP contribution in [-0.2, 0) is 0 Å². The van der Waals surface area contributed by atoms with Gasteiger partial charge in [-0.3, -0.25) is 4.79 Å². The molecule has 0 radical (unpaired) electrons. The molecule has 1 amide bonds. The van der Waals surface area contributed by atoms with Crippen LogP contribution in [0.15, 0.2) is 24.4 Å². The van der Waals surface area contributed by atoms with Gasteiger partial charge in [-0.1, -0.05) is 17.4 Å². The van der Waals surface area contributed by atoms with E-state index in [1.165, 1.54) is 17.8 Å². The number of aromatic nitrogens is 2. The Kier molecular flexibility index (Phi) is 8.26. The van der Waals surface area contributed by atoms with Gasteiger partial charge in [-0.15, -0.1) is 12.4 Å². The molecule has 2 fully saturated rings. The minimum atomic E-state index is -0.0433. The van der Waals surface area contributed by atoms with E-state index in [1.54, 1.807) is 6.20 Å². The van der Waals surface area contributed by atoms with Gasteiger partial charge in [0.25, 0.3) is 5.91 Å². The van der Waals surface area contributed by atoms with Crippen molar-refractivity contribution in [2.24, 2.45) is 0 Å². The van der Waals surface area contributed by atoms with Crippen molar-refractivity contribution < 1.29 is 4.79 Å². The predicted molar refractivity (Wildman–Crippen MR) is 124 cm³/mol. The lowest BCUT2D eigenvalue weighted by Crippen LogP contribution is -2.43. The molecule has 1 atom stereocenters. The van der Waals surface area contributed by atoms with Crippen LogP contribution in [-0.4, -0.2) is 66.1 Å². The van der Waals surface area contributed by atoms with Gasteiger partial charge in [0.1, 0.15) is 16.5 Å². The molecule has 0 spiro atoms. The number of anilines is 3. The van der Waals surface area contributed by atoms with Crippen molar-refractivity contribution in [1.82, 2.24) is 25.5 Å². The van der Waals surface area contributed by atoms with Crippen molar-refractivity contribution in [1.29, 1.82) is 0 Å². The first-order valence-electron chi connectivity index (χ1n) is 10.3. The van der Waals surface area contributed by atoms with Gasteiger partial charge < -0.3 is 26.2 Å². The summed E-state index contributed by atoms with van der Waals surface area (Å²) < 4.78 is 0. The summed E-state index contributed by atoms with van der Waals surface area (Å²) in [4.78, 5) is 24.4. The molecule has 0 bridgehead atoms. The molecule has 2 aromatic rings. The zero-order valence-electron chi connectivity index (χ0n) is 17.2. The second kappa shape index (κ2) is 10.9. The van der Waals surface area contributed by atoms with Crippen molar-refractivity contribution in [3.8, 4) is 0 Å². The van der Waals surface area contributed by atoms with Crippen LogP contribution in [0.25, 0.3) is 0 Å². The lowest BCUT2D eigenvalue weighted by molar-refractivity contribution is 0.0921. The molecule has 2 saturated heterocycles. The number of amides is 1. The summed E-state index contributed by atoms with van der Waals surface area (Å²) >= 11 is 1.35. The molecule has 4 heterocycles. The Balaban J connectivity index is 0.00000256. The third-order valence-electron chi connectivity index (χ3n) is 5.42. The standard InChI is InChI=1S/C20H29N7OS.ClH/c1-27-10-7-14(8-11-27)24-19(28)16-13-22-20(29-16)26-18-6-2-5-17(25-18)23-15-4-3-9-21-12-15;/h2,5-6,13-15,21H,3-4,7-12H2,1H3,(H,24,28)(H2,22,23,25,26);1H/t15-;/m0./s1. The minimum absolute atomic E-state index is 0. The number of halogens is 1. The van der Waals surface area contributed by atoms with Gasteiger partial charge in [0.2, 0.25) is 0 Å². The average Bonchev–Trinajstić information content (AvgIpc) is 3.19. The summed E-state index contributed by atoms with van der Waals surface area (Å²) in [5, 5.41) is 13.9. The van der Waals surface area contributed by atoms with Gasteiger partial charge in [-0.2, -0.15) is 0 Å². The zero-order valence-corrected chi connectivity index (χ0v) is 18.8. The second-order valence-electron chi connectivity index (χ2n) is 7.80. The van der Waals surface area contributed by atoms with Gasteiger partial charge in [-0.05, 0) is 64.5 Å². The second-order valence-corrected chi connectivity index (χ2v) is 8.83. The first-order valence-corrected chi connectivity index (χ1v) is 11.1. The number of likely N-dealkylation sites (tertiary alicyclic amines) is 1. The van der Waals surface area contributed by atoms with E-state index >= 15 is 0 Å². The molecule has 2 aromatic heterocycles. The minimum Gasteiger partial charge on any atom is -0.366 e. The van der Waals surface area contributed by atoms with E-state index in [4.69, 9.17) is 0 Å². The van der Waals surface area contributed by atoms with Crippen LogP contribution in [0.5, 0.6) is 0 Å². The number of nitrogens with zero attached hydrogens (tertiary/aromatic N) is 3. The molecule has 10 heteroatoms. The van der Waals surface area contributed by atoms with Crippen molar-refractivity contribution in [2.75, 3.05) is 43.9 Å². The first kappa shape index (κ1) is 22.7. The Morgan fingerprint density at radius 3 is 2.77 bits per heavy atom. The van der Waals surface area contributed by atoms with Crippen LogP contribution < -0.4 is 21.3 Å². The third-order valence-corrected chi connectivity index (χ3v) is 6.33. The van der Waals surface area contributed by atoms with Crippen LogP contribution in [0.4, 0.5) is 16.8 Å². The smallest absolute Gasteiger partial charge is 0.263 e. The maximum Gasteiger partial charge on any atom is 0.263 e. The van der Waals surface area contributed by atoms with E-state index in [2.05, 4.69) is 43.2 Å². The molecule has 30 heavy (non-hydrogen) atoms. The number of hydrogen-bond acceptors (Lipinski definition) is 8. The monoisotopic (exact) mass is 451 g/mol. The van der Waals surface area contributed by atoms with Gasteiger partial charge in [0, 0.05) is 18.6 Å². The summed E-state index contributed by atoms with van der Waals surface area (Å²) in [7, 11) is 2.11. The number of carbonyl (C=O) groups excluding carboxylic acids is 1. The predicted octanol–water partition coefficient (Wildman–Crippen LogP) is 2.69. The lowest BCUT2D eigenvalue weighted by Gasteiger charge is -2.29. The molecular weight excluding hydrogens is 422 g/mol. The van der Waals surface area contributed by atoms with Crippen LogP contribution >= 0.6 is 23.7 Å². The number of hydrogen-bond donors (Lipinski definition) is 4. The van der Waals surface area contributed by atoms with E-state index in [0.29, 0.717) is 16.1 Å². The first-order chi connectivity index (χ1) is 14.2. The number of thiazole rings is 1. The van der Waals surface area contributed by atoms with E-state index in [1.807, 2.05) is 18.2 Å². The van der Waals surface area contributed by atoms with E-state index in [0.717, 1.165) is 57.1 Å².